The van der Waals surface area contributed by atoms with Crippen LogP contribution in [-0.4, -0.2) is 16.5 Å². The second-order valence-electron chi connectivity index (χ2n) is 4.03. The van der Waals surface area contributed by atoms with E-state index >= 15 is 0 Å². The van der Waals surface area contributed by atoms with E-state index in [0.717, 1.165) is 23.4 Å². The average molecular weight is 203 g/mol. The molecule has 78 valence electrons. The minimum Gasteiger partial charge on any atom is -0.422 e. The van der Waals surface area contributed by atoms with Crippen LogP contribution >= 0.6 is 0 Å². The molecule has 0 aliphatic heterocycles. The van der Waals surface area contributed by atoms with Crippen molar-refractivity contribution in [3.8, 4) is 0 Å². The van der Waals surface area contributed by atoms with Crippen LogP contribution in [0.5, 0.6) is 0 Å². The number of aromatic nitrogens is 2. The molecule has 0 aromatic carbocycles. The monoisotopic (exact) mass is 203 g/mol. The number of fused-ring (bicyclic) bond motifs is 1. The topological polar surface area (TPSA) is 64.9 Å². The van der Waals surface area contributed by atoms with Crippen molar-refractivity contribution >= 4 is 11.2 Å². The van der Waals surface area contributed by atoms with Gasteiger partial charge in [-0.25, -0.2) is 9.97 Å². The maximum Gasteiger partial charge on any atom is 0.246 e. The highest BCUT2D eigenvalue weighted by Gasteiger charge is 2.29. The van der Waals surface area contributed by atoms with E-state index in [1.807, 2.05) is 12.3 Å². The fourth-order valence-electron chi connectivity index (χ4n) is 1.69. The highest BCUT2D eigenvalue weighted by atomic mass is 16.4. The van der Waals surface area contributed by atoms with Crippen molar-refractivity contribution in [2.24, 2.45) is 5.73 Å². The smallest absolute Gasteiger partial charge is 0.246 e. The molecule has 2 N–H and O–H groups in total. The van der Waals surface area contributed by atoms with Gasteiger partial charge in [-0.05, 0) is 37.4 Å². The molecule has 1 fully saturated rings. The minimum atomic E-state index is 0.539. The van der Waals surface area contributed by atoms with Crippen molar-refractivity contribution in [1.29, 1.82) is 0 Å². The maximum atomic E-state index is 5.57. The lowest BCUT2D eigenvalue weighted by Crippen LogP contribution is -2.02. The molecule has 2 aromatic rings. The molecule has 2 aromatic heterocycles. The number of rotatable bonds is 3. The maximum absolute atomic E-state index is 5.57. The first kappa shape index (κ1) is 8.85. The van der Waals surface area contributed by atoms with Crippen molar-refractivity contribution in [3.05, 3.63) is 23.7 Å². The predicted octanol–water partition coefficient (Wildman–Crippen LogP) is 1.60. The Morgan fingerprint density at radius 2 is 2.33 bits per heavy atom. The van der Waals surface area contributed by atoms with Gasteiger partial charge in [0.05, 0.1) is 0 Å². The minimum absolute atomic E-state index is 0.539. The molecule has 3 rings (SSSR count). The normalized spacial score (nSPS) is 16.1. The van der Waals surface area contributed by atoms with Crippen molar-refractivity contribution < 1.29 is 4.42 Å². The summed E-state index contributed by atoms with van der Waals surface area (Å²) in [6.45, 7) is 0.639. The van der Waals surface area contributed by atoms with Gasteiger partial charge in [0.2, 0.25) is 11.6 Å². The van der Waals surface area contributed by atoms with E-state index < -0.39 is 0 Å². The van der Waals surface area contributed by atoms with Gasteiger partial charge in [0, 0.05) is 12.1 Å². The average Bonchev–Trinajstić information content (AvgIpc) is 2.99. The first-order valence-corrected chi connectivity index (χ1v) is 5.32. The van der Waals surface area contributed by atoms with Crippen LogP contribution in [0.2, 0.25) is 0 Å². The van der Waals surface area contributed by atoms with Crippen LogP contribution in [0, 0.1) is 0 Å². The van der Waals surface area contributed by atoms with Gasteiger partial charge in [-0.15, -0.1) is 0 Å². The Labute approximate surface area is 87.5 Å². The molecule has 2 heterocycles. The Morgan fingerprint density at radius 1 is 1.47 bits per heavy atom. The highest BCUT2D eigenvalue weighted by molar-refractivity contribution is 5.68. The highest BCUT2D eigenvalue weighted by Crippen LogP contribution is 2.40. The third-order valence-electron chi connectivity index (χ3n) is 2.68. The van der Waals surface area contributed by atoms with Crippen molar-refractivity contribution in [2.75, 3.05) is 6.54 Å². The SMILES string of the molecule is NCCc1cnc2oc(C3CC3)nc2c1. The summed E-state index contributed by atoms with van der Waals surface area (Å²) < 4.78 is 5.57. The van der Waals surface area contributed by atoms with Gasteiger partial charge >= 0.3 is 0 Å². The molecular weight excluding hydrogens is 190 g/mol. The Bertz CT molecular complexity index is 488. The van der Waals surface area contributed by atoms with Crippen LogP contribution in [0.4, 0.5) is 0 Å². The lowest BCUT2D eigenvalue weighted by molar-refractivity contribution is 0.524. The van der Waals surface area contributed by atoms with Crippen molar-refractivity contribution in [2.45, 2.75) is 25.2 Å². The zero-order valence-electron chi connectivity index (χ0n) is 8.44. The molecule has 1 aliphatic rings. The Hall–Kier alpha value is -1.42. The number of nitrogens with two attached hydrogens (primary N) is 1. The molecule has 0 bridgehead atoms. The summed E-state index contributed by atoms with van der Waals surface area (Å²) in [5.74, 6) is 1.39. The van der Waals surface area contributed by atoms with Crippen molar-refractivity contribution in [3.63, 3.8) is 0 Å². The summed E-state index contributed by atoms with van der Waals surface area (Å²) in [6.07, 6.45) is 5.05. The number of hydrogen-bond acceptors (Lipinski definition) is 4. The quantitative estimate of drug-likeness (QED) is 0.822. The summed E-state index contributed by atoms with van der Waals surface area (Å²) >= 11 is 0. The van der Waals surface area contributed by atoms with E-state index in [1.165, 1.54) is 12.8 Å². The molecule has 0 atom stereocenters. The van der Waals surface area contributed by atoms with Gasteiger partial charge in [0.15, 0.2) is 0 Å². The van der Waals surface area contributed by atoms with Crippen LogP contribution in [0.25, 0.3) is 11.2 Å². The van der Waals surface area contributed by atoms with E-state index in [0.29, 0.717) is 18.2 Å². The third-order valence-corrected chi connectivity index (χ3v) is 2.68. The van der Waals surface area contributed by atoms with Crippen molar-refractivity contribution in [1.82, 2.24) is 9.97 Å². The lowest BCUT2D eigenvalue weighted by Gasteiger charge is -1.94. The standard InChI is InChI=1S/C11H13N3O/c12-4-3-7-5-9-11(13-6-7)15-10(14-9)8-1-2-8/h5-6,8H,1-4,12H2. The van der Waals surface area contributed by atoms with Crippen LogP contribution in [0.3, 0.4) is 0 Å². The molecule has 0 saturated heterocycles. The fourth-order valence-corrected chi connectivity index (χ4v) is 1.69. The van der Waals surface area contributed by atoms with E-state index in [9.17, 15) is 0 Å². The molecule has 4 heteroatoms. The van der Waals surface area contributed by atoms with Gasteiger partial charge in [-0.1, -0.05) is 0 Å². The number of nitrogens with zero attached hydrogens (tertiary/aromatic N) is 2. The molecule has 4 nitrogen and oxygen atoms in total. The molecule has 0 spiro atoms. The summed E-state index contributed by atoms with van der Waals surface area (Å²) in [5.41, 5.74) is 8.14. The molecule has 0 unspecified atom stereocenters. The molecule has 1 aliphatic carbocycles. The van der Waals surface area contributed by atoms with E-state index in [-0.39, 0.29) is 0 Å². The van der Waals surface area contributed by atoms with Gasteiger partial charge in [-0.3, -0.25) is 0 Å². The zero-order chi connectivity index (χ0) is 10.3. The van der Waals surface area contributed by atoms with Crippen LogP contribution in [0.15, 0.2) is 16.7 Å². The molecular formula is C11H13N3O. The van der Waals surface area contributed by atoms with Gasteiger partial charge in [-0.2, -0.15) is 0 Å². The molecule has 15 heavy (non-hydrogen) atoms. The van der Waals surface area contributed by atoms with Gasteiger partial charge in [0.1, 0.15) is 5.52 Å². The van der Waals surface area contributed by atoms with Gasteiger partial charge in [0.25, 0.3) is 0 Å². The Kier molecular flexibility index (Phi) is 1.95. The molecule has 1 saturated carbocycles. The lowest BCUT2D eigenvalue weighted by atomic mass is 10.2. The zero-order valence-corrected chi connectivity index (χ0v) is 8.44. The molecule has 0 amide bonds. The van der Waals surface area contributed by atoms with E-state index in [4.69, 9.17) is 10.2 Å². The van der Waals surface area contributed by atoms with E-state index in [1.54, 1.807) is 0 Å². The predicted molar refractivity (Wildman–Crippen MR) is 56.5 cm³/mol. The Balaban J connectivity index is 2.02. The molecule has 0 radical (unpaired) electrons. The Morgan fingerprint density at radius 3 is 3.07 bits per heavy atom. The second-order valence-corrected chi connectivity index (χ2v) is 4.03. The van der Waals surface area contributed by atoms with Crippen LogP contribution in [0.1, 0.15) is 30.2 Å². The third kappa shape index (κ3) is 1.61. The van der Waals surface area contributed by atoms with Gasteiger partial charge < -0.3 is 10.2 Å². The summed E-state index contributed by atoms with van der Waals surface area (Å²) in [7, 11) is 0. The fraction of sp³-hybridized carbons (Fsp3) is 0.455. The first-order chi connectivity index (χ1) is 7.36. The number of hydrogen-bond donors (Lipinski definition) is 1. The first-order valence-electron chi connectivity index (χ1n) is 5.32. The number of oxazole rings is 1. The van der Waals surface area contributed by atoms with Crippen LogP contribution in [-0.2, 0) is 6.42 Å². The summed E-state index contributed by atoms with van der Waals surface area (Å²) in [5, 5.41) is 0. The summed E-state index contributed by atoms with van der Waals surface area (Å²) in [6, 6.07) is 2.02. The second kappa shape index (κ2) is 3.31. The largest absolute Gasteiger partial charge is 0.422 e. The number of pyridine rings is 1. The van der Waals surface area contributed by atoms with Crippen LogP contribution < -0.4 is 5.73 Å². The summed E-state index contributed by atoms with van der Waals surface area (Å²) in [4.78, 5) is 8.69. The van der Waals surface area contributed by atoms with E-state index in [2.05, 4.69) is 9.97 Å².